The molecule has 1 N–H and O–H groups in total. The molecule has 0 radical (unpaired) electrons. The molecule has 6 nitrogen and oxygen atoms in total. The van der Waals surface area contributed by atoms with Gasteiger partial charge in [-0.15, -0.1) is 0 Å². The highest BCUT2D eigenvalue weighted by molar-refractivity contribution is 5.83. The second kappa shape index (κ2) is 9.72. The number of amides is 2. The zero-order valence-corrected chi connectivity index (χ0v) is 12.7. The summed E-state index contributed by atoms with van der Waals surface area (Å²) in [6, 6.07) is 0. The molecule has 1 heterocycles. The highest BCUT2D eigenvalue weighted by Gasteiger charge is 2.16. The van der Waals surface area contributed by atoms with E-state index in [4.69, 9.17) is 4.74 Å². The summed E-state index contributed by atoms with van der Waals surface area (Å²) in [6.45, 7) is 9.11. The Kier molecular flexibility index (Phi) is 8.22. The maximum absolute atomic E-state index is 11.7. The standard InChI is InChI=1S/C14H27N3O3/c1-3-4-5-15-14(19)12-17(13(2)18)7-6-16-8-10-20-11-9-16/h3-12H2,1-2H3,(H,15,19). The number of ether oxygens (including phenoxy) is 1. The van der Waals surface area contributed by atoms with Crippen molar-refractivity contribution in [3.05, 3.63) is 0 Å². The largest absolute Gasteiger partial charge is 0.379 e. The van der Waals surface area contributed by atoms with Crippen LogP contribution in [0.15, 0.2) is 0 Å². The van der Waals surface area contributed by atoms with Gasteiger partial charge in [0.1, 0.15) is 0 Å². The highest BCUT2D eigenvalue weighted by Crippen LogP contribution is 1.98. The number of nitrogens with one attached hydrogen (secondary N) is 1. The van der Waals surface area contributed by atoms with E-state index in [1.807, 2.05) is 0 Å². The molecular formula is C14H27N3O3. The van der Waals surface area contributed by atoms with E-state index in [0.717, 1.165) is 45.7 Å². The number of hydrogen-bond donors (Lipinski definition) is 1. The van der Waals surface area contributed by atoms with E-state index >= 15 is 0 Å². The number of carbonyl (C=O) groups excluding carboxylic acids is 2. The van der Waals surface area contributed by atoms with Gasteiger partial charge in [-0.2, -0.15) is 0 Å². The Morgan fingerprint density at radius 1 is 1.30 bits per heavy atom. The molecule has 1 fully saturated rings. The minimum Gasteiger partial charge on any atom is -0.379 e. The Morgan fingerprint density at radius 2 is 2.00 bits per heavy atom. The first-order chi connectivity index (χ1) is 9.63. The van der Waals surface area contributed by atoms with Gasteiger partial charge in [0.2, 0.25) is 11.8 Å². The van der Waals surface area contributed by atoms with Gasteiger partial charge in [0.15, 0.2) is 0 Å². The number of hydrogen-bond acceptors (Lipinski definition) is 4. The normalized spacial score (nSPS) is 15.9. The van der Waals surface area contributed by atoms with Crippen molar-refractivity contribution in [1.82, 2.24) is 15.1 Å². The summed E-state index contributed by atoms with van der Waals surface area (Å²) in [4.78, 5) is 27.2. The summed E-state index contributed by atoms with van der Waals surface area (Å²) >= 11 is 0. The van der Waals surface area contributed by atoms with Crippen LogP contribution in [0.25, 0.3) is 0 Å². The molecule has 20 heavy (non-hydrogen) atoms. The predicted octanol–water partition coefficient (Wildman–Crippen LogP) is 0.0834. The lowest BCUT2D eigenvalue weighted by Gasteiger charge is -2.29. The van der Waals surface area contributed by atoms with Gasteiger partial charge < -0.3 is 15.0 Å². The summed E-state index contributed by atoms with van der Waals surface area (Å²) < 4.78 is 5.29. The number of rotatable bonds is 8. The van der Waals surface area contributed by atoms with Crippen LogP contribution in [-0.4, -0.2) is 74.1 Å². The van der Waals surface area contributed by atoms with Gasteiger partial charge in [-0.1, -0.05) is 13.3 Å². The fourth-order valence-electron chi connectivity index (χ4n) is 2.07. The predicted molar refractivity (Wildman–Crippen MR) is 77.4 cm³/mol. The lowest BCUT2D eigenvalue weighted by Crippen LogP contribution is -2.45. The van der Waals surface area contributed by atoms with Gasteiger partial charge in [0.25, 0.3) is 0 Å². The third-order valence-corrected chi connectivity index (χ3v) is 3.42. The Morgan fingerprint density at radius 3 is 2.60 bits per heavy atom. The Labute approximate surface area is 121 Å². The van der Waals surface area contributed by atoms with Crippen LogP contribution >= 0.6 is 0 Å². The average Bonchev–Trinajstić information content (AvgIpc) is 2.44. The molecule has 0 spiro atoms. The Balaban J connectivity index is 2.28. The van der Waals surface area contributed by atoms with E-state index in [9.17, 15) is 9.59 Å². The molecule has 2 amide bonds. The summed E-state index contributed by atoms with van der Waals surface area (Å²) in [5.41, 5.74) is 0. The minimum absolute atomic E-state index is 0.0519. The van der Waals surface area contributed by atoms with Crippen LogP contribution in [0.3, 0.4) is 0 Å². The molecule has 0 unspecified atom stereocenters. The van der Waals surface area contributed by atoms with Gasteiger partial charge in [-0.05, 0) is 6.42 Å². The quantitative estimate of drug-likeness (QED) is 0.642. The molecule has 0 bridgehead atoms. The number of morpholine rings is 1. The first-order valence-electron chi connectivity index (χ1n) is 7.45. The zero-order chi connectivity index (χ0) is 14.8. The van der Waals surface area contributed by atoms with Crippen molar-refractivity contribution in [2.24, 2.45) is 0 Å². The van der Waals surface area contributed by atoms with E-state index in [1.54, 1.807) is 4.90 Å². The highest BCUT2D eigenvalue weighted by atomic mass is 16.5. The summed E-state index contributed by atoms with van der Waals surface area (Å²) in [6.07, 6.45) is 2.02. The Hall–Kier alpha value is -1.14. The third kappa shape index (κ3) is 6.86. The van der Waals surface area contributed by atoms with E-state index in [0.29, 0.717) is 13.1 Å². The molecule has 0 aromatic heterocycles. The first-order valence-corrected chi connectivity index (χ1v) is 7.45. The molecule has 0 aromatic rings. The van der Waals surface area contributed by atoms with E-state index in [2.05, 4.69) is 17.1 Å². The molecule has 1 saturated heterocycles. The maximum Gasteiger partial charge on any atom is 0.239 e. The monoisotopic (exact) mass is 285 g/mol. The van der Waals surface area contributed by atoms with Crippen molar-refractivity contribution in [2.45, 2.75) is 26.7 Å². The van der Waals surface area contributed by atoms with Crippen LogP contribution in [0.4, 0.5) is 0 Å². The first kappa shape index (κ1) is 16.9. The second-order valence-electron chi connectivity index (χ2n) is 5.10. The van der Waals surface area contributed by atoms with Crippen molar-refractivity contribution in [3.8, 4) is 0 Å². The summed E-state index contributed by atoms with van der Waals surface area (Å²) in [5, 5.41) is 2.84. The smallest absolute Gasteiger partial charge is 0.239 e. The molecule has 1 aliphatic heterocycles. The van der Waals surface area contributed by atoms with Crippen LogP contribution in [-0.2, 0) is 14.3 Å². The van der Waals surface area contributed by atoms with Crippen LogP contribution < -0.4 is 5.32 Å². The fourth-order valence-corrected chi connectivity index (χ4v) is 2.07. The third-order valence-electron chi connectivity index (χ3n) is 3.42. The van der Waals surface area contributed by atoms with Crippen molar-refractivity contribution in [3.63, 3.8) is 0 Å². The van der Waals surface area contributed by atoms with Gasteiger partial charge in [0.05, 0.1) is 19.8 Å². The van der Waals surface area contributed by atoms with Crippen molar-refractivity contribution >= 4 is 11.8 Å². The van der Waals surface area contributed by atoms with Crippen LogP contribution in [0.5, 0.6) is 0 Å². The second-order valence-corrected chi connectivity index (χ2v) is 5.10. The van der Waals surface area contributed by atoms with Gasteiger partial charge in [-0.25, -0.2) is 0 Å². The van der Waals surface area contributed by atoms with Gasteiger partial charge >= 0.3 is 0 Å². The summed E-state index contributed by atoms with van der Waals surface area (Å²) in [7, 11) is 0. The molecule has 116 valence electrons. The van der Waals surface area contributed by atoms with Crippen LogP contribution in [0.1, 0.15) is 26.7 Å². The molecule has 1 aliphatic rings. The zero-order valence-electron chi connectivity index (χ0n) is 12.7. The topological polar surface area (TPSA) is 61.9 Å². The van der Waals surface area contributed by atoms with Crippen molar-refractivity contribution in [2.75, 3.05) is 52.5 Å². The van der Waals surface area contributed by atoms with Crippen LogP contribution in [0.2, 0.25) is 0 Å². The number of carbonyl (C=O) groups is 2. The SMILES string of the molecule is CCCCNC(=O)CN(CCN1CCOCC1)C(C)=O. The van der Waals surface area contributed by atoms with Gasteiger partial charge in [0, 0.05) is 39.6 Å². The number of unbranched alkanes of at least 4 members (excludes halogenated alkanes) is 1. The maximum atomic E-state index is 11.7. The molecular weight excluding hydrogens is 258 g/mol. The fraction of sp³-hybridized carbons (Fsp3) is 0.857. The Bertz CT molecular complexity index is 304. The van der Waals surface area contributed by atoms with Gasteiger partial charge in [-0.3, -0.25) is 14.5 Å². The minimum atomic E-state index is -0.0735. The van der Waals surface area contributed by atoms with Crippen molar-refractivity contribution < 1.29 is 14.3 Å². The van der Waals surface area contributed by atoms with E-state index in [-0.39, 0.29) is 18.4 Å². The van der Waals surface area contributed by atoms with E-state index < -0.39 is 0 Å². The molecule has 0 atom stereocenters. The van der Waals surface area contributed by atoms with Crippen LogP contribution in [0, 0.1) is 0 Å². The molecule has 1 rings (SSSR count). The molecule has 0 aliphatic carbocycles. The summed E-state index contributed by atoms with van der Waals surface area (Å²) in [5.74, 6) is -0.125. The molecule has 0 aromatic carbocycles. The van der Waals surface area contributed by atoms with E-state index in [1.165, 1.54) is 6.92 Å². The number of nitrogens with zero attached hydrogens (tertiary/aromatic N) is 2. The lowest BCUT2D eigenvalue weighted by molar-refractivity contribution is -0.134. The lowest BCUT2D eigenvalue weighted by atomic mass is 10.3. The van der Waals surface area contributed by atoms with Crippen molar-refractivity contribution in [1.29, 1.82) is 0 Å². The molecule has 6 heteroatoms. The average molecular weight is 285 g/mol. The molecule has 0 saturated carbocycles.